The lowest BCUT2D eigenvalue weighted by molar-refractivity contribution is -0.130. The molecule has 0 heterocycles. The Morgan fingerprint density at radius 2 is 1.73 bits per heavy atom. The van der Waals surface area contributed by atoms with Gasteiger partial charge < -0.3 is 11.1 Å². The van der Waals surface area contributed by atoms with Crippen LogP contribution in [0.5, 0.6) is 0 Å². The molecule has 2 amide bonds. The molecule has 0 aromatic rings. The van der Waals surface area contributed by atoms with E-state index in [4.69, 9.17) is 5.73 Å². The number of Topliss-reactive ketones (excluding diaryl/α,β-unsaturated/α-hetero) is 1. The summed E-state index contributed by atoms with van der Waals surface area (Å²) in [7, 11) is 0. The second-order valence-corrected chi connectivity index (χ2v) is 6.42. The molecule has 0 aliphatic rings. The number of unbranched alkanes of at least 4 members (excludes halogenated alkanes) is 1. The van der Waals surface area contributed by atoms with Crippen molar-refractivity contribution in [1.82, 2.24) is 5.32 Å². The number of hydrogen-bond acceptors (Lipinski definition) is 3. The number of rotatable bonds is 12. The van der Waals surface area contributed by atoms with Crippen LogP contribution in [0.25, 0.3) is 0 Å². The Kier molecular flexibility index (Phi) is 10.5. The minimum Gasteiger partial charge on any atom is -0.369 e. The highest BCUT2D eigenvalue weighted by molar-refractivity contribution is 5.87. The van der Waals surface area contributed by atoms with E-state index >= 15 is 0 Å². The van der Waals surface area contributed by atoms with E-state index in [1.54, 1.807) is 0 Å². The molecule has 0 bridgehead atoms. The molecular weight excluding hydrogens is 280 g/mol. The molecule has 0 aliphatic carbocycles. The predicted octanol–water partition coefficient (Wildman–Crippen LogP) is 2.43. The number of nitrogens with one attached hydrogen (secondary N) is 1. The van der Waals surface area contributed by atoms with Crippen LogP contribution in [0.15, 0.2) is 0 Å². The zero-order valence-electron chi connectivity index (χ0n) is 14.5. The van der Waals surface area contributed by atoms with Gasteiger partial charge >= 0.3 is 0 Å². The molecular formula is C17H32N2O3. The van der Waals surface area contributed by atoms with Gasteiger partial charge in [0.1, 0.15) is 5.78 Å². The Morgan fingerprint density at radius 3 is 2.23 bits per heavy atom. The number of ketones is 1. The summed E-state index contributed by atoms with van der Waals surface area (Å²) in [6.45, 7) is 8.36. The molecule has 5 nitrogen and oxygen atoms in total. The van der Waals surface area contributed by atoms with Gasteiger partial charge in [-0.2, -0.15) is 0 Å². The van der Waals surface area contributed by atoms with Crippen molar-refractivity contribution in [2.75, 3.05) is 6.54 Å². The number of hydrogen-bond donors (Lipinski definition) is 2. The molecule has 5 heteroatoms. The van der Waals surface area contributed by atoms with Gasteiger partial charge in [0.05, 0.1) is 0 Å². The second-order valence-electron chi connectivity index (χ2n) is 6.42. The fraction of sp³-hybridized carbons (Fsp3) is 0.824. The van der Waals surface area contributed by atoms with Gasteiger partial charge in [0.25, 0.3) is 0 Å². The van der Waals surface area contributed by atoms with Crippen LogP contribution in [0.4, 0.5) is 0 Å². The van der Waals surface area contributed by atoms with Gasteiger partial charge in [0.2, 0.25) is 11.8 Å². The number of carbonyl (C=O) groups excluding carboxylic acids is 3. The van der Waals surface area contributed by atoms with Crippen molar-refractivity contribution < 1.29 is 14.4 Å². The van der Waals surface area contributed by atoms with Crippen LogP contribution in [-0.2, 0) is 14.4 Å². The molecule has 0 saturated carbocycles. The van der Waals surface area contributed by atoms with Crippen LogP contribution in [0.3, 0.4) is 0 Å². The average molecular weight is 312 g/mol. The van der Waals surface area contributed by atoms with Gasteiger partial charge in [0, 0.05) is 31.2 Å². The lowest BCUT2D eigenvalue weighted by Crippen LogP contribution is -2.31. The molecule has 22 heavy (non-hydrogen) atoms. The summed E-state index contributed by atoms with van der Waals surface area (Å²) in [5, 5.41) is 2.86. The molecule has 0 aliphatic heterocycles. The highest BCUT2D eigenvalue weighted by Crippen LogP contribution is 2.19. The summed E-state index contributed by atoms with van der Waals surface area (Å²) in [5.41, 5.74) is 5.35. The maximum atomic E-state index is 12.1. The zero-order chi connectivity index (χ0) is 17.1. The van der Waals surface area contributed by atoms with Gasteiger partial charge in [-0.3, -0.25) is 14.4 Å². The monoisotopic (exact) mass is 312 g/mol. The molecule has 3 N–H and O–H groups in total. The Labute approximate surface area is 134 Å². The van der Waals surface area contributed by atoms with E-state index in [1.165, 1.54) is 0 Å². The van der Waals surface area contributed by atoms with Crippen LogP contribution in [-0.4, -0.2) is 24.1 Å². The van der Waals surface area contributed by atoms with Crippen molar-refractivity contribution >= 4 is 17.6 Å². The molecule has 0 aromatic carbocycles. The lowest BCUT2D eigenvalue weighted by Gasteiger charge is -2.18. The second kappa shape index (κ2) is 11.2. The molecule has 0 unspecified atom stereocenters. The summed E-state index contributed by atoms with van der Waals surface area (Å²) in [4.78, 5) is 34.8. The number of nitrogens with two attached hydrogens (primary N) is 1. The average Bonchev–Trinajstić information content (AvgIpc) is 2.43. The van der Waals surface area contributed by atoms with Crippen molar-refractivity contribution in [1.29, 1.82) is 0 Å². The molecule has 0 radical (unpaired) electrons. The number of amides is 2. The third kappa shape index (κ3) is 8.80. The highest BCUT2D eigenvalue weighted by Gasteiger charge is 2.25. The van der Waals surface area contributed by atoms with E-state index in [-0.39, 0.29) is 35.9 Å². The minimum atomic E-state index is -0.394. The molecule has 0 saturated heterocycles. The van der Waals surface area contributed by atoms with E-state index in [0.717, 1.165) is 25.7 Å². The quantitative estimate of drug-likeness (QED) is 0.542. The SMILES string of the molecule is CCCC(=O)NCCCC[C@H](C)C(=O)C[C@H](C(N)=O)C(C)C. The van der Waals surface area contributed by atoms with Crippen molar-refractivity contribution in [2.45, 2.75) is 66.2 Å². The Morgan fingerprint density at radius 1 is 1.09 bits per heavy atom. The van der Waals surface area contributed by atoms with Crippen LogP contribution in [0, 0.1) is 17.8 Å². The largest absolute Gasteiger partial charge is 0.369 e. The molecule has 128 valence electrons. The topological polar surface area (TPSA) is 89.3 Å². The van der Waals surface area contributed by atoms with Crippen LogP contribution < -0.4 is 11.1 Å². The Hall–Kier alpha value is -1.39. The Bertz CT molecular complexity index is 367. The molecule has 2 atom stereocenters. The standard InChI is InChI=1S/C17H32N2O3/c1-5-8-16(21)19-10-7-6-9-13(4)15(20)11-14(12(2)3)17(18)22/h12-14H,5-11H2,1-4H3,(H2,18,22)(H,19,21)/t13-,14-/m0/s1. The van der Waals surface area contributed by atoms with Gasteiger partial charge in [-0.1, -0.05) is 34.1 Å². The summed E-state index contributed by atoms with van der Waals surface area (Å²) < 4.78 is 0. The van der Waals surface area contributed by atoms with Crippen molar-refractivity contribution in [2.24, 2.45) is 23.5 Å². The first kappa shape index (κ1) is 20.6. The minimum absolute atomic E-state index is 0.0630. The predicted molar refractivity (Wildman–Crippen MR) is 88.1 cm³/mol. The molecule has 0 fully saturated rings. The van der Waals surface area contributed by atoms with Gasteiger partial charge in [0.15, 0.2) is 0 Å². The van der Waals surface area contributed by atoms with E-state index < -0.39 is 5.91 Å². The van der Waals surface area contributed by atoms with Crippen LogP contribution in [0.1, 0.15) is 66.2 Å². The third-order valence-electron chi connectivity index (χ3n) is 4.00. The number of primary amides is 1. The van der Waals surface area contributed by atoms with E-state index in [9.17, 15) is 14.4 Å². The smallest absolute Gasteiger partial charge is 0.221 e. The van der Waals surface area contributed by atoms with Crippen molar-refractivity contribution in [3.05, 3.63) is 0 Å². The summed E-state index contributed by atoms with van der Waals surface area (Å²) in [6.07, 6.45) is 4.21. The highest BCUT2D eigenvalue weighted by atomic mass is 16.2. The summed E-state index contributed by atoms with van der Waals surface area (Å²) in [5.74, 6) is -0.549. The molecule has 0 spiro atoms. The third-order valence-corrected chi connectivity index (χ3v) is 4.00. The fourth-order valence-electron chi connectivity index (χ4n) is 2.36. The first-order chi connectivity index (χ1) is 10.3. The van der Waals surface area contributed by atoms with Gasteiger partial charge in [-0.25, -0.2) is 0 Å². The van der Waals surface area contributed by atoms with Gasteiger partial charge in [-0.05, 0) is 25.2 Å². The van der Waals surface area contributed by atoms with E-state index in [1.807, 2.05) is 27.7 Å². The van der Waals surface area contributed by atoms with Gasteiger partial charge in [-0.15, -0.1) is 0 Å². The fourth-order valence-corrected chi connectivity index (χ4v) is 2.36. The zero-order valence-corrected chi connectivity index (χ0v) is 14.5. The lowest BCUT2D eigenvalue weighted by atomic mass is 9.86. The first-order valence-electron chi connectivity index (χ1n) is 8.38. The normalized spacial score (nSPS) is 13.7. The Balaban J connectivity index is 3.96. The first-order valence-corrected chi connectivity index (χ1v) is 8.38. The number of carbonyl (C=O) groups is 3. The van der Waals surface area contributed by atoms with Crippen LogP contribution in [0.2, 0.25) is 0 Å². The maximum Gasteiger partial charge on any atom is 0.221 e. The molecule has 0 aromatic heterocycles. The summed E-state index contributed by atoms with van der Waals surface area (Å²) >= 11 is 0. The van der Waals surface area contributed by atoms with E-state index in [0.29, 0.717) is 13.0 Å². The summed E-state index contributed by atoms with van der Waals surface area (Å²) in [6, 6.07) is 0. The van der Waals surface area contributed by atoms with Crippen LogP contribution >= 0.6 is 0 Å². The molecule has 0 rings (SSSR count). The van der Waals surface area contributed by atoms with Crippen molar-refractivity contribution in [3.63, 3.8) is 0 Å². The van der Waals surface area contributed by atoms with Crippen molar-refractivity contribution in [3.8, 4) is 0 Å². The maximum absolute atomic E-state index is 12.1. The van der Waals surface area contributed by atoms with E-state index in [2.05, 4.69) is 5.32 Å².